The normalized spacial score (nSPS) is 10.7. The van der Waals surface area contributed by atoms with E-state index in [1.165, 1.54) is 33.4 Å². The first kappa shape index (κ1) is 27.0. The standard InChI is InChI=1S/C42H32N2/c1-4-10-32(11-5-1)35-16-22-38(23-17-35)43-39-24-30-42(31-25-39)44(40-26-18-36(19-27-40)33-12-6-2-7-13-33)41-28-20-37(21-29-41)34-14-8-3-9-15-34/h1-31,43H. The third-order valence-electron chi connectivity index (χ3n) is 7.87. The molecule has 0 unspecified atom stereocenters. The quantitative estimate of drug-likeness (QED) is 0.197. The van der Waals surface area contributed by atoms with Gasteiger partial charge in [-0.3, -0.25) is 0 Å². The Labute approximate surface area is 259 Å². The first-order valence-electron chi connectivity index (χ1n) is 14.9. The van der Waals surface area contributed by atoms with Crippen LogP contribution < -0.4 is 10.2 Å². The maximum Gasteiger partial charge on any atom is 0.0463 e. The minimum absolute atomic E-state index is 1.04. The molecule has 7 rings (SSSR count). The third kappa shape index (κ3) is 6.01. The zero-order valence-electron chi connectivity index (χ0n) is 24.3. The van der Waals surface area contributed by atoms with Crippen LogP contribution in [0, 0.1) is 0 Å². The predicted molar refractivity (Wildman–Crippen MR) is 187 cm³/mol. The number of hydrogen-bond donors (Lipinski definition) is 1. The van der Waals surface area contributed by atoms with Crippen LogP contribution >= 0.6 is 0 Å². The summed E-state index contributed by atoms with van der Waals surface area (Å²) in [5.74, 6) is 0. The Morgan fingerprint density at radius 3 is 0.841 bits per heavy atom. The van der Waals surface area contributed by atoms with Gasteiger partial charge in [0.15, 0.2) is 0 Å². The second-order valence-electron chi connectivity index (χ2n) is 10.8. The molecule has 0 aromatic heterocycles. The van der Waals surface area contributed by atoms with Crippen molar-refractivity contribution in [1.29, 1.82) is 0 Å². The molecule has 0 amide bonds. The van der Waals surface area contributed by atoms with Crippen molar-refractivity contribution < 1.29 is 0 Å². The van der Waals surface area contributed by atoms with Crippen LogP contribution in [0.4, 0.5) is 28.4 Å². The molecule has 0 bridgehead atoms. The third-order valence-corrected chi connectivity index (χ3v) is 7.87. The average Bonchev–Trinajstić information content (AvgIpc) is 3.11. The van der Waals surface area contributed by atoms with Crippen LogP contribution in [0.2, 0.25) is 0 Å². The number of nitrogens with one attached hydrogen (secondary N) is 1. The molecule has 0 fully saturated rings. The number of nitrogens with zero attached hydrogens (tertiary/aromatic N) is 1. The van der Waals surface area contributed by atoms with Crippen molar-refractivity contribution in [2.75, 3.05) is 10.2 Å². The van der Waals surface area contributed by atoms with Crippen LogP contribution in [-0.4, -0.2) is 0 Å². The molecule has 2 heteroatoms. The molecule has 210 valence electrons. The monoisotopic (exact) mass is 564 g/mol. The van der Waals surface area contributed by atoms with Gasteiger partial charge in [0.1, 0.15) is 0 Å². The van der Waals surface area contributed by atoms with E-state index < -0.39 is 0 Å². The van der Waals surface area contributed by atoms with Gasteiger partial charge < -0.3 is 10.2 Å². The molecule has 0 aliphatic rings. The summed E-state index contributed by atoms with van der Waals surface area (Å²) in [6.07, 6.45) is 0. The fourth-order valence-electron chi connectivity index (χ4n) is 5.55. The van der Waals surface area contributed by atoms with Crippen molar-refractivity contribution in [1.82, 2.24) is 0 Å². The second-order valence-corrected chi connectivity index (χ2v) is 10.8. The summed E-state index contributed by atoms with van der Waals surface area (Å²) in [6.45, 7) is 0. The first-order chi connectivity index (χ1) is 21.8. The van der Waals surface area contributed by atoms with E-state index in [0.717, 1.165) is 28.4 Å². The average molecular weight is 565 g/mol. The van der Waals surface area contributed by atoms with E-state index in [1.54, 1.807) is 0 Å². The topological polar surface area (TPSA) is 15.3 Å². The smallest absolute Gasteiger partial charge is 0.0463 e. The van der Waals surface area contributed by atoms with Crippen molar-refractivity contribution in [2.45, 2.75) is 0 Å². The van der Waals surface area contributed by atoms with Crippen LogP contribution in [-0.2, 0) is 0 Å². The predicted octanol–water partition coefficient (Wildman–Crippen LogP) is 11.9. The number of rotatable bonds is 8. The summed E-state index contributed by atoms with van der Waals surface area (Å²) in [6, 6.07) is 66.3. The largest absolute Gasteiger partial charge is 0.356 e. The van der Waals surface area contributed by atoms with Crippen LogP contribution in [0.5, 0.6) is 0 Å². The second kappa shape index (κ2) is 12.6. The van der Waals surface area contributed by atoms with Crippen molar-refractivity contribution in [3.05, 3.63) is 188 Å². The Morgan fingerprint density at radius 2 is 0.500 bits per heavy atom. The lowest BCUT2D eigenvalue weighted by Gasteiger charge is -2.26. The molecule has 0 radical (unpaired) electrons. The Balaban J connectivity index is 1.17. The number of benzene rings is 7. The molecule has 0 saturated heterocycles. The lowest BCUT2D eigenvalue weighted by atomic mass is 10.0. The van der Waals surface area contributed by atoms with Crippen molar-refractivity contribution in [3.63, 3.8) is 0 Å². The molecule has 0 saturated carbocycles. The van der Waals surface area contributed by atoms with Gasteiger partial charge in [-0.1, -0.05) is 127 Å². The lowest BCUT2D eigenvalue weighted by molar-refractivity contribution is 1.28. The van der Waals surface area contributed by atoms with Gasteiger partial charge >= 0.3 is 0 Å². The zero-order chi connectivity index (χ0) is 29.6. The van der Waals surface area contributed by atoms with Crippen LogP contribution in [0.1, 0.15) is 0 Å². The SMILES string of the molecule is c1ccc(-c2ccc(Nc3ccc(N(c4ccc(-c5ccccc5)cc4)c4ccc(-c5ccccc5)cc4)cc3)cc2)cc1. The minimum Gasteiger partial charge on any atom is -0.356 e. The maximum absolute atomic E-state index is 3.56. The van der Waals surface area contributed by atoms with E-state index >= 15 is 0 Å². The Hall–Kier alpha value is -5.86. The molecular weight excluding hydrogens is 532 g/mol. The minimum atomic E-state index is 1.04. The molecule has 44 heavy (non-hydrogen) atoms. The van der Waals surface area contributed by atoms with Crippen molar-refractivity contribution >= 4 is 28.4 Å². The molecule has 0 spiro atoms. The summed E-state index contributed by atoms with van der Waals surface area (Å²) in [5, 5.41) is 3.56. The van der Waals surface area contributed by atoms with Gasteiger partial charge in [0.05, 0.1) is 0 Å². The summed E-state index contributed by atoms with van der Waals surface area (Å²) in [4.78, 5) is 2.31. The molecule has 2 nitrogen and oxygen atoms in total. The zero-order valence-corrected chi connectivity index (χ0v) is 24.3. The summed E-state index contributed by atoms with van der Waals surface area (Å²) >= 11 is 0. The summed E-state index contributed by atoms with van der Waals surface area (Å²) in [7, 11) is 0. The van der Waals surface area contributed by atoms with E-state index in [2.05, 4.69) is 192 Å². The van der Waals surface area contributed by atoms with E-state index in [4.69, 9.17) is 0 Å². The summed E-state index contributed by atoms with van der Waals surface area (Å²) < 4.78 is 0. The fraction of sp³-hybridized carbons (Fsp3) is 0. The molecule has 0 atom stereocenters. The van der Waals surface area contributed by atoms with Gasteiger partial charge in [-0.2, -0.15) is 0 Å². The van der Waals surface area contributed by atoms with E-state index in [-0.39, 0.29) is 0 Å². The van der Waals surface area contributed by atoms with Gasteiger partial charge in [-0.25, -0.2) is 0 Å². The van der Waals surface area contributed by atoms with Crippen LogP contribution in [0.15, 0.2) is 188 Å². The number of anilines is 5. The van der Waals surface area contributed by atoms with Gasteiger partial charge in [0.25, 0.3) is 0 Å². The highest BCUT2D eigenvalue weighted by molar-refractivity contribution is 5.81. The fourth-order valence-corrected chi connectivity index (χ4v) is 5.55. The van der Waals surface area contributed by atoms with Crippen LogP contribution in [0.25, 0.3) is 33.4 Å². The maximum atomic E-state index is 3.56. The Morgan fingerprint density at radius 1 is 0.250 bits per heavy atom. The van der Waals surface area contributed by atoms with Crippen molar-refractivity contribution in [2.24, 2.45) is 0 Å². The summed E-state index contributed by atoms with van der Waals surface area (Å²) in [5.41, 5.74) is 12.7. The Kier molecular flexibility index (Phi) is 7.71. The molecule has 7 aromatic rings. The molecule has 0 aliphatic heterocycles. The van der Waals surface area contributed by atoms with Crippen LogP contribution in [0.3, 0.4) is 0 Å². The number of hydrogen-bond acceptors (Lipinski definition) is 2. The molecule has 7 aromatic carbocycles. The molecule has 1 N–H and O–H groups in total. The lowest BCUT2D eigenvalue weighted by Crippen LogP contribution is -2.10. The van der Waals surface area contributed by atoms with Gasteiger partial charge in [-0.15, -0.1) is 0 Å². The highest BCUT2D eigenvalue weighted by Gasteiger charge is 2.13. The van der Waals surface area contributed by atoms with E-state index in [1.807, 2.05) is 6.07 Å². The van der Waals surface area contributed by atoms with Gasteiger partial charge in [-0.05, 0) is 94.0 Å². The highest BCUT2D eigenvalue weighted by atomic mass is 15.1. The van der Waals surface area contributed by atoms with Crippen molar-refractivity contribution in [3.8, 4) is 33.4 Å². The molecule has 0 heterocycles. The Bertz CT molecular complexity index is 1830. The highest BCUT2D eigenvalue weighted by Crippen LogP contribution is 2.37. The van der Waals surface area contributed by atoms with E-state index in [9.17, 15) is 0 Å². The first-order valence-corrected chi connectivity index (χ1v) is 14.9. The van der Waals surface area contributed by atoms with Gasteiger partial charge in [0.2, 0.25) is 0 Å². The molecule has 0 aliphatic carbocycles. The molecular formula is C42H32N2. The van der Waals surface area contributed by atoms with E-state index in [0.29, 0.717) is 0 Å². The van der Waals surface area contributed by atoms with Gasteiger partial charge in [0, 0.05) is 28.4 Å².